The van der Waals surface area contributed by atoms with E-state index in [4.69, 9.17) is 4.74 Å². The number of carbonyl (C=O) groups is 1. The largest absolute Gasteiger partial charge is 0.474 e. The van der Waals surface area contributed by atoms with Gasteiger partial charge in [-0.05, 0) is 31.0 Å². The van der Waals surface area contributed by atoms with Gasteiger partial charge in [0.15, 0.2) is 0 Å². The van der Waals surface area contributed by atoms with Crippen molar-refractivity contribution in [3.63, 3.8) is 0 Å². The molecule has 3 heterocycles. The Labute approximate surface area is 156 Å². The van der Waals surface area contributed by atoms with Crippen LogP contribution in [0.4, 0.5) is 13.6 Å². The number of hydrogen-bond donors (Lipinski definition) is 1. The van der Waals surface area contributed by atoms with Gasteiger partial charge in [0.2, 0.25) is 5.88 Å². The number of fused-ring (bicyclic) bond motifs is 2. The van der Waals surface area contributed by atoms with Gasteiger partial charge in [-0.1, -0.05) is 12.1 Å². The molecule has 5 nitrogen and oxygen atoms in total. The summed E-state index contributed by atoms with van der Waals surface area (Å²) in [4.78, 5) is 18.6. The van der Waals surface area contributed by atoms with Crippen LogP contribution in [0.3, 0.4) is 0 Å². The Kier molecular flexibility index (Phi) is 4.92. The second-order valence-electron chi connectivity index (χ2n) is 7.03. The third-order valence-corrected chi connectivity index (χ3v) is 5.33. The highest BCUT2D eigenvalue weighted by Crippen LogP contribution is 2.37. The number of nitrogens with one attached hydrogen (secondary N) is 1. The predicted octanol–water partition coefficient (Wildman–Crippen LogP) is 3.64. The van der Waals surface area contributed by atoms with Gasteiger partial charge >= 0.3 is 6.03 Å². The van der Waals surface area contributed by atoms with Crippen molar-refractivity contribution < 1.29 is 18.3 Å². The van der Waals surface area contributed by atoms with Crippen molar-refractivity contribution >= 4 is 6.03 Å². The van der Waals surface area contributed by atoms with Gasteiger partial charge in [-0.3, -0.25) is 0 Å². The molecule has 1 aromatic heterocycles. The lowest BCUT2D eigenvalue weighted by Gasteiger charge is -2.38. The van der Waals surface area contributed by atoms with E-state index in [-0.39, 0.29) is 36.3 Å². The first-order chi connectivity index (χ1) is 13.1. The van der Waals surface area contributed by atoms with Crippen LogP contribution in [0.1, 0.15) is 31.2 Å². The maximum absolute atomic E-state index is 13.7. The Hall–Kier alpha value is -2.70. The zero-order valence-electron chi connectivity index (χ0n) is 14.8. The minimum Gasteiger partial charge on any atom is -0.474 e. The summed E-state index contributed by atoms with van der Waals surface area (Å²) in [5, 5.41) is 2.67. The Morgan fingerprint density at radius 2 is 1.81 bits per heavy atom. The van der Waals surface area contributed by atoms with Crippen LogP contribution in [0.5, 0.6) is 5.88 Å². The third-order valence-electron chi connectivity index (χ3n) is 5.33. The van der Waals surface area contributed by atoms with Gasteiger partial charge in [0.1, 0.15) is 17.7 Å². The topological polar surface area (TPSA) is 54.5 Å². The van der Waals surface area contributed by atoms with E-state index in [1.54, 1.807) is 6.20 Å². The molecule has 2 atom stereocenters. The fourth-order valence-corrected chi connectivity index (χ4v) is 4.10. The van der Waals surface area contributed by atoms with Gasteiger partial charge < -0.3 is 15.0 Å². The van der Waals surface area contributed by atoms with Crippen molar-refractivity contribution in [2.75, 3.05) is 0 Å². The number of ether oxygens (including phenoxy) is 1. The fourth-order valence-electron chi connectivity index (χ4n) is 4.10. The van der Waals surface area contributed by atoms with Crippen molar-refractivity contribution in [1.29, 1.82) is 0 Å². The van der Waals surface area contributed by atoms with E-state index in [9.17, 15) is 13.6 Å². The number of hydrogen-bond acceptors (Lipinski definition) is 3. The molecule has 2 aliphatic rings. The van der Waals surface area contributed by atoms with E-state index < -0.39 is 11.6 Å². The van der Waals surface area contributed by atoms with Gasteiger partial charge in [-0.15, -0.1) is 0 Å². The maximum Gasteiger partial charge on any atom is 0.318 e. The minimum absolute atomic E-state index is 0.0189. The van der Waals surface area contributed by atoms with E-state index in [1.165, 1.54) is 18.2 Å². The van der Waals surface area contributed by atoms with Crippen molar-refractivity contribution in [3.05, 3.63) is 59.8 Å². The summed E-state index contributed by atoms with van der Waals surface area (Å²) in [6, 6.07) is 9.09. The van der Waals surface area contributed by atoms with Gasteiger partial charge in [-0.25, -0.2) is 18.6 Å². The summed E-state index contributed by atoms with van der Waals surface area (Å²) in [7, 11) is 0. The number of benzene rings is 1. The van der Waals surface area contributed by atoms with Crippen LogP contribution >= 0.6 is 0 Å². The molecule has 0 spiro atoms. The molecule has 2 saturated heterocycles. The standard InChI is InChI=1S/C20H21F2N3O2/c21-17-4-3-5-18(22)16(17)12-24-20(26)25-13-7-8-14(25)11-15(10-13)27-19-6-1-2-9-23-19/h1-6,9,13-15H,7-8,10-12H2,(H,24,26)/t13-,14-/m0/s1. The third kappa shape index (κ3) is 3.72. The Bertz CT molecular complexity index is 784. The highest BCUT2D eigenvalue weighted by Gasteiger charge is 2.44. The molecule has 2 aromatic rings. The summed E-state index contributed by atoms with van der Waals surface area (Å²) >= 11 is 0. The molecule has 0 unspecified atom stereocenters. The molecule has 4 rings (SSSR count). The smallest absolute Gasteiger partial charge is 0.318 e. The van der Waals surface area contributed by atoms with E-state index in [2.05, 4.69) is 10.3 Å². The second kappa shape index (κ2) is 7.50. The zero-order chi connectivity index (χ0) is 18.8. The minimum atomic E-state index is -0.652. The molecule has 27 heavy (non-hydrogen) atoms. The number of rotatable bonds is 4. The Morgan fingerprint density at radius 1 is 1.11 bits per heavy atom. The molecule has 1 aromatic carbocycles. The lowest BCUT2D eigenvalue weighted by atomic mass is 10.00. The zero-order valence-corrected chi connectivity index (χ0v) is 14.8. The predicted molar refractivity (Wildman–Crippen MR) is 95.1 cm³/mol. The maximum atomic E-state index is 13.7. The number of piperidine rings is 1. The lowest BCUT2D eigenvalue weighted by Crippen LogP contribution is -2.52. The quantitative estimate of drug-likeness (QED) is 0.890. The first-order valence-corrected chi connectivity index (χ1v) is 9.18. The monoisotopic (exact) mass is 373 g/mol. The fraction of sp³-hybridized carbons (Fsp3) is 0.400. The molecule has 0 aliphatic carbocycles. The SMILES string of the molecule is O=C(NCc1c(F)cccc1F)N1[C@H]2CC[C@H]1CC(Oc1ccccn1)C2. The van der Waals surface area contributed by atoms with Gasteiger partial charge in [-0.2, -0.15) is 0 Å². The molecule has 2 fully saturated rings. The number of nitrogens with zero attached hydrogens (tertiary/aromatic N) is 2. The summed E-state index contributed by atoms with van der Waals surface area (Å²) < 4.78 is 33.4. The summed E-state index contributed by atoms with van der Waals surface area (Å²) in [6.07, 6.45) is 4.99. The average Bonchev–Trinajstić information content (AvgIpc) is 2.93. The van der Waals surface area contributed by atoms with Gasteiger partial charge in [0.25, 0.3) is 0 Å². The molecule has 0 saturated carbocycles. The van der Waals surface area contributed by atoms with Crippen molar-refractivity contribution in [3.8, 4) is 5.88 Å². The first-order valence-electron chi connectivity index (χ1n) is 9.18. The highest BCUT2D eigenvalue weighted by atomic mass is 19.1. The van der Waals surface area contributed by atoms with Crippen LogP contribution in [0.2, 0.25) is 0 Å². The summed E-state index contributed by atoms with van der Waals surface area (Å²) in [6.45, 7) is -0.166. The molecule has 0 radical (unpaired) electrons. The number of carbonyl (C=O) groups excluding carboxylic acids is 1. The van der Waals surface area contributed by atoms with E-state index in [1.807, 2.05) is 23.1 Å². The number of urea groups is 1. The Balaban J connectivity index is 1.37. The van der Waals surface area contributed by atoms with E-state index in [0.29, 0.717) is 5.88 Å². The van der Waals surface area contributed by atoms with Gasteiger partial charge in [0, 0.05) is 42.8 Å². The van der Waals surface area contributed by atoms with Crippen LogP contribution < -0.4 is 10.1 Å². The van der Waals surface area contributed by atoms with Crippen LogP contribution in [0.25, 0.3) is 0 Å². The molecule has 2 bridgehead atoms. The van der Waals surface area contributed by atoms with Crippen molar-refractivity contribution in [2.24, 2.45) is 0 Å². The normalized spacial score (nSPS) is 23.9. The molecule has 2 amide bonds. The molecular formula is C20H21F2N3O2. The van der Waals surface area contributed by atoms with E-state index >= 15 is 0 Å². The van der Waals surface area contributed by atoms with Crippen LogP contribution in [-0.4, -0.2) is 34.1 Å². The number of aromatic nitrogens is 1. The van der Waals surface area contributed by atoms with Crippen LogP contribution in [-0.2, 0) is 6.54 Å². The number of halogens is 2. The van der Waals surface area contributed by atoms with E-state index in [0.717, 1.165) is 25.7 Å². The molecule has 142 valence electrons. The van der Waals surface area contributed by atoms with Crippen LogP contribution in [0.15, 0.2) is 42.6 Å². The van der Waals surface area contributed by atoms with Crippen molar-refractivity contribution in [1.82, 2.24) is 15.2 Å². The number of pyridine rings is 1. The lowest BCUT2D eigenvalue weighted by molar-refractivity contribution is 0.0660. The summed E-state index contributed by atoms with van der Waals surface area (Å²) in [5.41, 5.74) is -0.119. The second-order valence-corrected chi connectivity index (χ2v) is 7.03. The Morgan fingerprint density at radius 3 is 2.44 bits per heavy atom. The average molecular weight is 373 g/mol. The van der Waals surface area contributed by atoms with Gasteiger partial charge in [0.05, 0.1) is 6.54 Å². The highest BCUT2D eigenvalue weighted by molar-refractivity contribution is 5.75. The molecular weight excluding hydrogens is 352 g/mol. The first kappa shape index (κ1) is 17.7. The van der Waals surface area contributed by atoms with Crippen molar-refractivity contribution in [2.45, 2.75) is 50.4 Å². The summed E-state index contributed by atoms with van der Waals surface area (Å²) in [5.74, 6) is -0.712. The molecule has 1 N–H and O–H groups in total. The molecule has 2 aliphatic heterocycles. The molecule has 7 heteroatoms. The van der Waals surface area contributed by atoms with Crippen LogP contribution in [0, 0.1) is 11.6 Å². The number of amides is 2.